The fourth-order valence-corrected chi connectivity index (χ4v) is 4.22. The van der Waals surface area contributed by atoms with Gasteiger partial charge in [-0.1, -0.05) is 0 Å². The van der Waals surface area contributed by atoms with Gasteiger partial charge in [-0.2, -0.15) is 18.3 Å². The molecule has 4 heterocycles. The third-order valence-corrected chi connectivity index (χ3v) is 5.50. The molecule has 0 aromatic carbocycles. The highest BCUT2D eigenvalue weighted by Gasteiger charge is 2.49. The first kappa shape index (κ1) is 19.9. The third kappa shape index (κ3) is 4.30. The summed E-state index contributed by atoms with van der Waals surface area (Å²) < 4.78 is 34.9. The minimum atomic E-state index is -4.83. The maximum absolute atomic E-state index is 12.4. The van der Waals surface area contributed by atoms with Gasteiger partial charge >= 0.3 is 16.4 Å². The number of carbonyl (C=O) groups is 2. The van der Waals surface area contributed by atoms with Crippen LogP contribution in [-0.2, 0) is 24.3 Å². The second-order valence-corrected chi connectivity index (χ2v) is 8.04. The largest absolute Gasteiger partial charge is 0.418 e. The van der Waals surface area contributed by atoms with E-state index in [2.05, 4.69) is 30.5 Å². The Morgan fingerprint density at radius 1 is 1.38 bits per heavy atom. The number of aromatic nitrogens is 4. The Morgan fingerprint density at radius 2 is 2.21 bits per heavy atom. The smallest absolute Gasteiger partial charge is 0.309 e. The van der Waals surface area contributed by atoms with Crippen molar-refractivity contribution in [2.45, 2.75) is 43.4 Å². The van der Waals surface area contributed by atoms with Crippen molar-refractivity contribution in [1.82, 2.24) is 41.0 Å². The minimum Gasteiger partial charge on any atom is -0.309 e. The van der Waals surface area contributed by atoms with Crippen LogP contribution in [0.4, 0.5) is 4.79 Å². The predicted molar refractivity (Wildman–Crippen MR) is 90.7 cm³/mol. The first-order valence-electron chi connectivity index (χ1n) is 8.96. The number of tetrazole rings is 1. The Kier molecular flexibility index (Phi) is 5.34. The molecule has 16 heteroatoms. The molecule has 3 aliphatic rings. The van der Waals surface area contributed by atoms with Crippen molar-refractivity contribution in [1.29, 1.82) is 0 Å². The second kappa shape index (κ2) is 7.79. The molecule has 3 saturated heterocycles. The van der Waals surface area contributed by atoms with E-state index in [4.69, 9.17) is 9.39 Å². The van der Waals surface area contributed by atoms with E-state index in [9.17, 15) is 18.0 Å². The topological polar surface area (TPSA) is 181 Å². The van der Waals surface area contributed by atoms with Crippen LogP contribution in [0.5, 0.6) is 0 Å². The molecule has 1 aromatic heterocycles. The van der Waals surface area contributed by atoms with Crippen LogP contribution >= 0.6 is 0 Å². The van der Waals surface area contributed by atoms with Gasteiger partial charge in [0.05, 0.1) is 18.7 Å². The summed E-state index contributed by atoms with van der Waals surface area (Å²) in [6.45, 7) is 0.968. The molecule has 3 aliphatic heterocycles. The summed E-state index contributed by atoms with van der Waals surface area (Å²) in [6.07, 6.45) is 2.70. The lowest BCUT2D eigenvalue weighted by Gasteiger charge is -2.29. The van der Waals surface area contributed by atoms with Crippen LogP contribution < -0.4 is 10.8 Å². The molecular weight excluding hydrogens is 412 g/mol. The van der Waals surface area contributed by atoms with Crippen LogP contribution in [0.1, 0.15) is 25.3 Å². The van der Waals surface area contributed by atoms with Crippen molar-refractivity contribution in [3.63, 3.8) is 0 Å². The number of piperidine rings is 1. The number of amides is 3. The van der Waals surface area contributed by atoms with Crippen molar-refractivity contribution in [3.8, 4) is 0 Å². The van der Waals surface area contributed by atoms with Crippen LogP contribution in [0.3, 0.4) is 0 Å². The summed E-state index contributed by atoms with van der Waals surface area (Å²) in [6, 6.07) is -2.15. The van der Waals surface area contributed by atoms with E-state index in [0.29, 0.717) is 30.9 Å². The summed E-state index contributed by atoms with van der Waals surface area (Å²) in [5.74, 6) is -0.516. The van der Waals surface area contributed by atoms with Gasteiger partial charge in [0.1, 0.15) is 6.04 Å². The number of fused-ring (bicyclic) bond motifs is 2. The van der Waals surface area contributed by atoms with E-state index < -0.39 is 34.4 Å². The van der Waals surface area contributed by atoms with Gasteiger partial charge in [-0.3, -0.25) is 14.2 Å². The zero-order valence-electron chi connectivity index (χ0n) is 15.1. The fraction of sp³-hybridized carbons (Fsp3) is 0.769. The number of hydrogen-bond acceptors (Lipinski definition) is 10. The highest BCUT2D eigenvalue weighted by molar-refractivity contribution is 7.80. The SMILES string of the molecule is O=C(NOCC1C[C@H](n2ncnn2)CN1)[C@@H]1CCC2CN1C(=O)N2OS(=O)(=O)O. The molecular formula is C13H20N8O7S. The molecule has 3 amide bonds. The van der Waals surface area contributed by atoms with Gasteiger partial charge in [-0.25, -0.2) is 10.3 Å². The van der Waals surface area contributed by atoms with Gasteiger partial charge in [-0.05, 0) is 24.5 Å². The Morgan fingerprint density at radius 3 is 2.93 bits per heavy atom. The molecule has 0 spiro atoms. The van der Waals surface area contributed by atoms with Crippen LogP contribution in [0.2, 0.25) is 0 Å². The van der Waals surface area contributed by atoms with Crippen LogP contribution in [-0.4, -0.2) is 92.9 Å². The first-order chi connectivity index (χ1) is 13.8. The van der Waals surface area contributed by atoms with Crippen molar-refractivity contribution in [3.05, 3.63) is 6.33 Å². The molecule has 3 fully saturated rings. The number of nitrogens with one attached hydrogen (secondary N) is 2. The maximum atomic E-state index is 12.4. The molecule has 160 valence electrons. The van der Waals surface area contributed by atoms with Crippen molar-refractivity contribution in [2.75, 3.05) is 19.7 Å². The fourth-order valence-electron chi connectivity index (χ4n) is 3.83. The third-order valence-electron chi connectivity index (χ3n) is 5.15. The molecule has 0 saturated carbocycles. The lowest BCUT2D eigenvalue weighted by Crippen LogP contribution is -2.50. The highest BCUT2D eigenvalue weighted by atomic mass is 32.3. The predicted octanol–water partition coefficient (Wildman–Crippen LogP) is -2.37. The second-order valence-electron chi connectivity index (χ2n) is 7.04. The highest BCUT2D eigenvalue weighted by Crippen LogP contribution is 2.30. The number of rotatable bonds is 7. The molecule has 4 rings (SSSR count). The van der Waals surface area contributed by atoms with Gasteiger partial charge in [0, 0.05) is 19.1 Å². The van der Waals surface area contributed by atoms with Gasteiger partial charge in [0.25, 0.3) is 5.91 Å². The lowest BCUT2D eigenvalue weighted by atomic mass is 10.0. The van der Waals surface area contributed by atoms with Gasteiger partial charge < -0.3 is 10.2 Å². The normalized spacial score (nSPS) is 29.5. The molecule has 1 aromatic rings. The van der Waals surface area contributed by atoms with E-state index in [1.807, 2.05) is 0 Å². The Hall–Kier alpha value is -2.40. The average Bonchev–Trinajstić information content (AvgIpc) is 3.39. The van der Waals surface area contributed by atoms with Gasteiger partial charge in [0.2, 0.25) is 0 Å². The summed E-state index contributed by atoms with van der Waals surface area (Å²) >= 11 is 0. The lowest BCUT2D eigenvalue weighted by molar-refractivity contribution is -0.139. The van der Waals surface area contributed by atoms with Crippen molar-refractivity contribution in [2.24, 2.45) is 0 Å². The number of carbonyl (C=O) groups excluding carboxylic acids is 2. The maximum Gasteiger partial charge on any atom is 0.418 e. The van der Waals surface area contributed by atoms with Gasteiger partial charge in [0.15, 0.2) is 6.33 Å². The first-order valence-corrected chi connectivity index (χ1v) is 10.3. The van der Waals surface area contributed by atoms with Crippen LogP contribution in [0, 0.1) is 0 Å². The number of hydrogen-bond donors (Lipinski definition) is 3. The molecule has 2 unspecified atom stereocenters. The molecule has 15 nitrogen and oxygen atoms in total. The molecule has 3 N–H and O–H groups in total. The standard InChI is InChI=1S/C13H20N8O7S/c22-12(17-27-6-8-3-10(4-14-8)21-16-7-15-18-21)11-2-1-9-5-19(11)13(23)20(9)28-29(24,25)26/h7-11,14H,1-6H2,(H,17,22)(H,24,25,26)/t8?,9?,10-,11-/m0/s1. The van der Waals surface area contributed by atoms with E-state index in [1.165, 1.54) is 16.0 Å². The monoisotopic (exact) mass is 432 g/mol. The summed E-state index contributed by atoms with van der Waals surface area (Å²) in [5.41, 5.74) is 2.35. The zero-order chi connectivity index (χ0) is 20.6. The number of urea groups is 1. The van der Waals surface area contributed by atoms with E-state index in [-0.39, 0.29) is 25.2 Å². The number of nitrogens with zero attached hydrogens (tertiary/aromatic N) is 6. The van der Waals surface area contributed by atoms with Crippen molar-refractivity contribution < 1.29 is 31.7 Å². The van der Waals surface area contributed by atoms with Crippen LogP contribution in [0.25, 0.3) is 0 Å². The van der Waals surface area contributed by atoms with E-state index in [0.717, 1.165) is 0 Å². The summed E-state index contributed by atoms with van der Waals surface area (Å²) in [5, 5.41) is 15.4. The van der Waals surface area contributed by atoms with Gasteiger partial charge in [-0.15, -0.1) is 14.5 Å². The molecule has 2 bridgehead atoms. The summed E-state index contributed by atoms with van der Waals surface area (Å²) in [4.78, 5) is 32.8. The molecule has 4 atom stereocenters. The van der Waals surface area contributed by atoms with E-state index in [1.54, 1.807) is 0 Å². The Balaban J connectivity index is 1.25. The zero-order valence-corrected chi connectivity index (χ0v) is 15.9. The molecule has 0 radical (unpaired) electrons. The molecule has 0 aliphatic carbocycles. The van der Waals surface area contributed by atoms with E-state index >= 15 is 0 Å². The average molecular weight is 432 g/mol. The number of hydroxylamine groups is 3. The minimum absolute atomic E-state index is 0.0193. The summed E-state index contributed by atoms with van der Waals surface area (Å²) in [7, 11) is -4.83. The Labute approximate surface area is 165 Å². The Bertz CT molecular complexity index is 865. The van der Waals surface area contributed by atoms with Crippen molar-refractivity contribution >= 4 is 22.3 Å². The molecule has 29 heavy (non-hydrogen) atoms. The van der Waals surface area contributed by atoms with Crippen LogP contribution in [0.15, 0.2) is 6.33 Å². The quantitative estimate of drug-likeness (QED) is 0.309.